The third-order valence-corrected chi connectivity index (χ3v) is 2.77. The van der Waals surface area contributed by atoms with Gasteiger partial charge in [0.25, 0.3) is 5.91 Å². The maximum absolute atomic E-state index is 12.0. The highest BCUT2D eigenvalue weighted by Crippen LogP contribution is 2.26. The highest BCUT2D eigenvalue weighted by Gasteiger charge is 2.15. The van der Waals surface area contributed by atoms with E-state index >= 15 is 0 Å². The zero-order valence-electron chi connectivity index (χ0n) is 12.7. The lowest BCUT2D eigenvalue weighted by Crippen LogP contribution is -2.21. The van der Waals surface area contributed by atoms with Gasteiger partial charge in [0.1, 0.15) is 6.54 Å². The smallest absolute Gasteiger partial charge is 0.504 e. The summed E-state index contributed by atoms with van der Waals surface area (Å²) in [6.45, 7) is 1.59. The minimum Gasteiger partial charge on any atom is -0.504 e. The summed E-state index contributed by atoms with van der Waals surface area (Å²) in [6, 6.07) is 4.08. The number of ether oxygens (including phenoxy) is 1. The fraction of sp³-hybridized carbons (Fsp3) is 0.250. The first-order chi connectivity index (χ1) is 11.4. The lowest BCUT2D eigenvalue weighted by Gasteiger charge is -2.06. The average Bonchev–Trinajstić information content (AvgIpc) is 3.01. The minimum atomic E-state index is -0.768. The van der Waals surface area contributed by atoms with Crippen molar-refractivity contribution >= 4 is 17.6 Å². The lowest BCUT2D eigenvalue weighted by molar-refractivity contribution is -0.394. The Kier molecular flexibility index (Phi) is 4.99. The second-order valence-electron chi connectivity index (χ2n) is 4.55. The zero-order valence-corrected chi connectivity index (χ0v) is 12.7. The summed E-state index contributed by atoms with van der Waals surface area (Å²) in [6.07, 6.45) is 0. The minimum absolute atomic E-state index is 0.0139. The van der Waals surface area contributed by atoms with Gasteiger partial charge in [-0.05, 0) is 30.0 Å². The average molecular weight is 335 g/mol. The van der Waals surface area contributed by atoms with Crippen LogP contribution in [0.25, 0.3) is 0 Å². The van der Waals surface area contributed by atoms with Crippen LogP contribution >= 0.6 is 0 Å². The number of hydrogen-bond donors (Lipinski definition) is 2. The second kappa shape index (κ2) is 7.13. The van der Waals surface area contributed by atoms with E-state index in [4.69, 9.17) is 4.74 Å². The van der Waals surface area contributed by atoms with Crippen LogP contribution in [-0.4, -0.2) is 49.0 Å². The molecule has 0 radical (unpaired) electrons. The van der Waals surface area contributed by atoms with Gasteiger partial charge in [0.2, 0.25) is 0 Å². The molecule has 0 spiro atoms. The highest BCUT2D eigenvalue weighted by molar-refractivity contribution is 5.95. The predicted octanol–water partition coefficient (Wildman–Crippen LogP) is 0.101. The van der Waals surface area contributed by atoms with Crippen molar-refractivity contribution in [1.82, 2.24) is 25.6 Å². The predicted molar refractivity (Wildman–Crippen MR) is 79.7 cm³/mol. The van der Waals surface area contributed by atoms with Crippen LogP contribution in [0.5, 0.6) is 11.5 Å². The number of nitrogens with zero attached hydrogens (tertiary/aromatic N) is 6. The van der Waals surface area contributed by atoms with Crippen LogP contribution in [0.3, 0.4) is 0 Å². The molecule has 12 heteroatoms. The molecule has 1 heterocycles. The molecule has 1 aromatic carbocycles. The Morgan fingerprint density at radius 2 is 2.29 bits per heavy atom. The molecule has 126 valence electrons. The molecule has 1 amide bonds. The normalized spacial score (nSPS) is 11.2. The third-order valence-electron chi connectivity index (χ3n) is 2.77. The molecule has 2 aromatic rings. The van der Waals surface area contributed by atoms with Crippen molar-refractivity contribution < 1.29 is 19.6 Å². The van der Waals surface area contributed by atoms with Crippen molar-refractivity contribution in [3.8, 4) is 11.5 Å². The van der Waals surface area contributed by atoms with E-state index in [1.54, 1.807) is 6.92 Å². The lowest BCUT2D eigenvalue weighted by atomic mass is 10.2. The molecule has 0 aliphatic rings. The number of phenols is 1. The molecular formula is C12H13N7O5. The largest absolute Gasteiger partial charge is 0.514 e. The van der Waals surface area contributed by atoms with Gasteiger partial charge in [-0.1, -0.05) is 4.80 Å². The Hall–Kier alpha value is -3.57. The Morgan fingerprint density at radius 1 is 1.54 bits per heavy atom. The van der Waals surface area contributed by atoms with Gasteiger partial charge in [-0.15, -0.1) is 0 Å². The molecular weight excluding hydrogens is 322 g/mol. The molecule has 2 rings (SSSR count). The molecule has 12 nitrogen and oxygen atoms in total. The van der Waals surface area contributed by atoms with Gasteiger partial charge in [0.15, 0.2) is 11.5 Å². The fourth-order valence-electron chi connectivity index (χ4n) is 1.64. The molecule has 0 saturated carbocycles. The van der Waals surface area contributed by atoms with Crippen molar-refractivity contribution in [2.45, 2.75) is 13.5 Å². The van der Waals surface area contributed by atoms with Gasteiger partial charge in [-0.3, -0.25) is 4.79 Å². The van der Waals surface area contributed by atoms with Crippen LogP contribution in [0, 0.1) is 10.1 Å². The second-order valence-corrected chi connectivity index (χ2v) is 4.55. The number of hydrazone groups is 1. The number of aromatic hydroxyl groups is 1. The highest BCUT2D eigenvalue weighted by atomic mass is 16.6. The van der Waals surface area contributed by atoms with Gasteiger partial charge in [0, 0.05) is 10.8 Å². The first kappa shape index (κ1) is 16.8. The first-order valence-corrected chi connectivity index (χ1v) is 6.53. The van der Waals surface area contributed by atoms with Gasteiger partial charge in [-0.2, -0.15) is 5.10 Å². The molecule has 0 atom stereocenters. The number of aromatic nitrogens is 4. The van der Waals surface area contributed by atoms with E-state index in [0.717, 1.165) is 4.80 Å². The number of methoxy groups -OCH3 is 1. The number of nitrogens with one attached hydrogen (secondary N) is 1. The number of phenolic OH excluding ortho intramolecular Hbond substituents is 1. The molecule has 2 N–H and O–H groups in total. The van der Waals surface area contributed by atoms with E-state index in [9.17, 15) is 20.0 Å². The Morgan fingerprint density at radius 3 is 2.92 bits per heavy atom. The fourth-order valence-corrected chi connectivity index (χ4v) is 1.64. The van der Waals surface area contributed by atoms with Crippen LogP contribution in [0.2, 0.25) is 0 Å². The Bertz CT molecular complexity index is 801. The van der Waals surface area contributed by atoms with Gasteiger partial charge in [0.05, 0.1) is 23.0 Å². The first-order valence-electron chi connectivity index (χ1n) is 6.53. The molecule has 0 saturated heterocycles. The quantitative estimate of drug-likeness (QED) is 0.427. The molecule has 1 aromatic heterocycles. The molecule has 0 bridgehead atoms. The van der Waals surface area contributed by atoms with Crippen LogP contribution in [0.1, 0.15) is 17.3 Å². The number of carbonyl (C=O) groups excluding carboxylic acids is 1. The Balaban J connectivity index is 2.00. The van der Waals surface area contributed by atoms with Gasteiger partial charge in [-0.25, -0.2) is 5.43 Å². The van der Waals surface area contributed by atoms with Crippen LogP contribution < -0.4 is 10.2 Å². The van der Waals surface area contributed by atoms with E-state index < -0.39 is 16.8 Å². The monoisotopic (exact) mass is 335 g/mol. The maximum atomic E-state index is 12.0. The van der Waals surface area contributed by atoms with Crippen LogP contribution in [0.15, 0.2) is 23.3 Å². The van der Waals surface area contributed by atoms with Crippen molar-refractivity contribution in [3.05, 3.63) is 33.9 Å². The van der Waals surface area contributed by atoms with Crippen molar-refractivity contribution in [3.63, 3.8) is 0 Å². The molecule has 0 fully saturated rings. The van der Waals surface area contributed by atoms with E-state index in [2.05, 4.69) is 25.9 Å². The number of tetrazole rings is 1. The van der Waals surface area contributed by atoms with E-state index in [1.165, 1.54) is 25.3 Å². The number of hydrogen-bond acceptors (Lipinski definition) is 9. The molecule has 0 aliphatic carbocycles. The van der Waals surface area contributed by atoms with Gasteiger partial charge >= 0.3 is 5.95 Å². The van der Waals surface area contributed by atoms with E-state index in [1.807, 2.05) is 0 Å². The summed E-state index contributed by atoms with van der Waals surface area (Å²) in [5.74, 6) is -1.08. The number of rotatable bonds is 6. The summed E-state index contributed by atoms with van der Waals surface area (Å²) < 4.78 is 4.91. The summed E-state index contributed by atoms with van der Waals surface area (Å²) in [4.78, 5) is 22.7. The zero-order chi connectivity index (χ0) is 17.7. The SMILES string of the molecule is COc1cc(C(=O)NN=C(C)Cn2nnc([N+](=O)[O-])n2)ccc1O. The Labute approximate surface area is 134 Å². The van der Waals surface area contributed by atoms with Crippen LogP contribution in [-0.2, 0) is 6.54 Å². The molecule has 0 aliphatic heterocycles. The van der Waals surface area contributed by atoms with Gasteiger partial charge < -0.3 is 20.0 Å². The summed E-state index contributed by atoms with van der Waals surface area (Å²) in [5, 5.41) is 34.0. The number of benzene rings is 1. The van der Waals surface area contributed by atoms with E-state index in [0.29, 0.717) is 5.71 Å². The topological polar surface area (TPSA) is 158 Å². The standard InChI is InChI=1S/C12H13N7O5/c1-7(6-18-16-12(15-17-18)19(22)23)13-14-11(21)8-3-4-9(20)10(5-8)24-2/h3-5,20H,6H2,1-2H3,(H,14,21). The summed E-state index contributed by atoms with van der Waals surface area (Å²) in [7, 11) is 1.36. The molecule has 0 unspecified atom stereocenters. The number of carbonyl (C=O) groups is 1. The maximum Gasteiger partial charge on any atom is 0.514 e. The third kappa shape index (κ3) is 4.00. The summed E-state index contributed by atoms with van der Waals surface area (Å²) in [5.41, 5.74) is 2.93. The van der Waals surface area contributed by atoms with E-state index in [-0.39, 0.29) is 23.6 Å². The van der Waals surface area contributed by atoms with Crippen molar-refractivity contribution in [1.29, 1.82) is 0 Å². The van der Waals surface area contributed by atoms with Crippen LogP contribution in [0.4, 0.5) is 5.95 Å². The number of amides is 1. The van der Waals surface area contributed by atoms with Crippen molar-refractivity contribution in [2.75, 3.05) is 7.11 Å². The summed E-state index contributed by atoms with van der Waals surface area (Å²) >= 11 is 0. The molecule has 24 heavy (non-hydrogen) atoms. The van der Waals surface area contributed by atoms with Crippen molar-refractivity contribution in [2.24, 2.45) is 5.10 Å². The number of nitro groups is 1.